The predicted molar refractivity (Wildman–Crippen MR) is 110 cm³/mol. The largest absolute Gasteiger partial charge is 0.490 e. The van der Waals surface area contributed by atoms with E-state index < -0.39 is 12.1 Å². The van der Waals surface area contributed by atoms with Crippen molar-refractivity contribution in [1.82, 2.24) is 19.4 Å². The third kappa shape index (κ3) is 6.83. The molecule has 32 heavy (non-hydrogen) atoms. The summed E-state index contributed by atoms with van der Waals surface area (Å²) in [6.45, 7) is 7.03. The number of methoxy groups -OCH3 is 2. The number of carboxylic acids is 1. The zero-order valence-corrected chi connectivity index (χ0v) is 19.2. The first kappa shape index (κ1) is 26.4. The number of hydrogen-bond donors (Lipinski definition) is 1. The lowest BCUT2D eigenvalue weighted by molar-refractivity contribution is -0.192. The van der Waals surface area contributed by atoms with E-state index in [2.05, 4.69) is 14.5 Å². The molecule has 0 saturated carbocycles. The van der Waals surface area contributed by atoms with E-state index in [1.54, 1.807) is 14.2 Å². The highest BCUT2D eigenvalue weighted by atomic mass is 32.1. The van der Waals surface area contributed by atoms with Crippen molar-refractivity contribution in [2.75, 3.05) is 53.6 Å². The maximum Gasteiger partial charge on any atom is 0.490 e. The van der Waals surface area contributed by atoms with E-state index in [0.29, 0.717) is 17.2 Å². The summed E-state index contributed by atoms with van der Waals surface area (Å²) in [5.74, 6) is -2.73. The Hall–Kier alpha value is -1.83. The van der Waals surface area contributed by atoms with Crippen LogP contribution in [0.2, 0.25) is 0 Å². The Morgan fingerprint density at radius 3 is 2.34 bits per heavy atom. The van der Waals surface area contributed by atoms with Gasteiger partial charge in [-0.2, -0.15) is 13.2 Å². The summed E-state index contributed by atoms with van der Waals surface area (Å²) in [7, 11) is 3.52. The van der Waals surface area contributed by atoms with Crippen molar-refractivity contribution in [3.63, 3.8) is 0 Å². The molecule has 182 valence electrons. The van der Waals surface area contributed by atoms with Gasteiger partial charge in [0.25, 0.3) is 5.91 Å². The van der Waals surface area contributed by atoms with Gasteiger partial charge in [0, 0.05) is 46.4 Å². The molecule has 2 saturated heterocycles. The topological polar surface area (TPSA) is 105 Å². The van der Waals surface area contributed by atoms with Crippen molar-refractivity contribution < 1.29 is 37.3 Å². The predicted octanol–water partition coefficient (Wildman–Crippen LogP) is 2.07. The third-order valence-electron chi connectivity index (χ3n) is 5.87. The van der Waals surface area contributed by atoms with Crippen LogP contribution in [0.15, 0.2) is 0 Å². The van der Waals surface area contributed by atoms with E-state index in [9.17, 15) is 18.0 Å². The minimum absolute atomic E-state index is 0.0313. The van der Waals surface area contributed by atoms with Gasteiger partial charge in [0.2, 0.25) is 0 Å². The standard InChI is InChI=1S/C17H28N4O3S.C2HF3O2/c1-13-15(18-19-25-13)16(22)20-6-4-17(5-7-20)10-14(11-24-3)21(12-17)8-9-23-2;3-2(4,5)1(6)7/h14H,4-12H2,1-3H3;(H,6,7). The number of hydrogen-bond acceptors (Lipinski definition) is 8. The van der Waals surface area contributed by atoms with Crippen LogP contribution in [-0.2, 0) is 14.3 Å². The van der Waals surface area contributed by atoms with Gasteiger partial charge in [-0.05, 0) is 43.1 Å². The molecule has 1 amide bonds. The first-order valence-electron chi connectivity index (χ1n) is 10.1. The van der Waals surface area contributed by atoms with Gasteiger partial charge in [0.05, 0.1) is 18.1 Å². The van der Waals surface area contributed by atoms with E-state index in [1.807, 2.05) is 11.8 Å². The highest BCUT2D eigenvalue weighted by Gasteiger charge is 2.46. The fourth-order valence-corrected chi connectivity index (χ4v) is 4.67. The molecule has 1 atom stereocenters. The van der Waals surface area contributed by atoms with Gasteiger partial charge in [-0.15, -0.1) is 5.10 Å². The molecule has 1 aromatic rings. The van der Waals surface area contributed by atoms with Gasteiger partial charge in [0.15, 0.2) is 5.69 Å². The number of piperidine rings is 1. The molecule has 0 aliphatic carbocycles. The number of halogens is 3. The fourth-order valence-electron chi connectivity index (χ4n) is 4.21. The average molecular weight is 483 g/mol. The van der Waals surface area contributed by atoms with Crippen LogP contribution in [0.5, 0.6) is 0 Å². The molecule has 2 aliphatic rings. The van der Waals surface area contributed by atoms with E-state index in [1.165, 1.54) is 11.5 Å². The second-order valence-corrected chi connectivity index (χ2v) is 9.01. The molecule has 0 radical (unpaired) electrons. The normalized spacial score (nSPS) is 20.8. The summed E-state index contributed by atoms with van der Waals surface area (Å²) in [6, 6.07) is 0.451. The van der Waals surface area contributed by atoms with E-state index >= 15 is 0 Å². The summed E-state index contributed by atoms with van der Waals surface area (Å²) >= 11 is 1.29. The lowest BCUT2D eigenvalue weighted by atomic mass is 9.76. The van der Waals surface area contributed by atoms with Gasteiger partial charge < -0.3 is 19.5 Å². The fraction of sp³-hybridized carbons (Fsp3) is 0.789. The Kier molecular flexibility index (Phi) is 9.37. The van der Waals surface area contributed by atoms with Gasteiger partial charge in [-0.1, -0.05) is 4.49 Å². The molecule has 0 aromatic carbocycles. The van der Waals surface area contributed by atoms with Crippen molar-refractivity contribution >= 4 is 23.4 Å². The number of rotatable bonds is 6. The zero-order valence-electron chi connectivity index (χ0n) is 18.4. The molecular weight excluding hydrogens is 453 g/mol. The smallest absolute Gasteiger partial charge is 0.475 e. The SMILES string of the molecule is COCCN1CC2(CCN(C(=O)c3nnsc3C)CC2)CC1COC.O=C(O)C(F)(F)F. The van der Waals surface area contributed by atoms with Crippen LogP contribution in [0.4, 0.5) is 13.2 Å². The molecule has 3 rings (SSSR count). The van der Waals surface area contributed by atoms with Gasteiger partial charge in [0.1, 0.15) is 0 Å². The molecule has 1 spiro atoms. The Morgan fingerprint density at radius 1 is 1.25 bits per heavy atom. The van der Waals surface area contributed by atoms with Crippen molar-refractivity contribution in [3.8, 4) is 0 Å². The molecule has 0 bridgehead atoms. The highest BCUT2D eigenvalue weighted by molar-refractivity contribution is 7.05. The summed E-state index contributed by atoms with van der Waals surface area (Å²) < 4.78 is 46.3. The zero-order chi connectivity index (χ0) is 23.9. The number of carboxylic acid groups (broad SMARTS) is 1. The first-order chi connectivity index (χ1) is 15.0. The number of carbonyl (C=O) groups excluding carboxylic acids is 1. The van der Waals surface area contributed by atoms with Crippen LogP contribution in [0.1, 0.15) is 34.6 Å². The molecule has 2 aliphatic heterocycles. The molecule has 1 unspecified atom stereocenters. The molecule has 1 N–H and O–H groups in total. The lowest BCUT2D eigenvalue weighted by Gasteiger charge is -2.39. The van der Waals surface area contributed by atoms with E-state index in [4.69, 9.17) is 19.4 Å². The van der Waals surface area contributed by atoms with Gasteiger partial charge in [-0.3, -0.25) is 9.69 Å². The molecule has 2 fully saturated rings. The number of aryl methyl sites for hydroxylation is 1. The monoisotopic (exact) mass is 482 g/mol. The van der Waals surface area contributed by atoms with Crippen LogP contribution in [0.3, 0.4) is 0 Å². The number of nitrogens with zero attached hydrogens (tertiary/aromatic N) is 4. The Balaban J connectivity index is 0.000000451. The van der Waals surface area contributed by atoms with Gasteiger partial charge in [-0.25, -0.2) is 4.79 Å². The number of ether oxygens (including phenoxy) is 2. The second kappa shape index (κ2) is 11.3. The molecular formula is C19H29F3N4O5S. The van der Waals surface area contributed by atoms with Crippen LogP contribution < -0.4 is 0 Å². The average Bonchev–Trinajstić information content (AvgIpc) is 3.30. The second-order valence-electron chi connectivity index (χ2n) is 8.05. The van der Waals surface area contributed by atoms with E-state index in [-0.39, 0.29) is 5.91 Å². The summed E-state index contributed by atoms with van der Waals surface area (Å²) in [4.78, 5) is 26.9. The first-order valence-corrected chi connectivity index (χ1v) is 10.9. The Bertz CT molecular complexity index is 768. The highest BCUT2D eigenvalue weighted by Crippen LogP contribution is 2.43. The van der Waals surface area contributed by atoms with Gasteiger partial charge >= 0.3 is 12.1 Å². The minimum atomic E-state index is -5.08. The molecule has 3 heterocycles. The number of aromatic nitrogens is 2. The number of aliphatic carboxylic acids is 1. The van der Waals surface area contributed by atoms with Crippen molar-refractivity contribution in [2.45, 2.75) is 38.4 Å². The maximum absolute atomic E-state index is 12.6. The maximum atomic E-state index is 12.6. The summed E-state index contributed by atoms with van der Waals surface area (Å²) in [5, 5.41) is 11.1. The van der Waals surface area contributed by atoms with Crippen molar-refractivity contribution in [2.24, 2.45) is 5.41 Å². The molecule has 9 nitrogen and oxygen atoms in total. The summed E-state index contributed by atoms with van der Waals surface area (Å²) in [5.41, 5.74) is 0.815. The van der Waals surface area contributed by atoms with Crippen LogP contribution in [-0.4, -0.2) is 102 Å². The number of likely N-dealkylation sites (tertiary alicyclic amines) is 2. The van der Waals surface area contributed by atoms with Crippen LogP contribution in [0, 0.1) is 12.3 Å². The van der Waals surface area contributed by atoms with Crippen LogP contribution >= 0.6 is 11.5 Å². The third-order valence-corrected chi connectivity index (χ3v) is 6.50. The Morgan fingerprint density at radius 2 is 1.88 bits per heavy atom. The van der Waals surface area contributed by atoms with Crippen LogP contribution in [0.25, 0.3) is 0 Å². The molecule has 1 aromatic heterocycles. The van der Waals surface area contributed by atoms with E-state index in [0.717, 1.165) is 63.5 Å². The van der Waals surface area contributed by atoms with Crippen molar-refractivity contribution in [3.05, 3.63) is 10.6 Å². The summed E-state index contributed by atoms with van der Waals surface area (Å²) in [6.07, 6.45) is -1.86. The molecule has 13 heteroatoms. The lowest BCUT2D eigenvalue weighted by Crippen LogP contribution is -2.44. The van der Waals surface area contributed by atoms with Crippen molar-refractivity contribution in [1.29, 1.82) is 0 Å². The number of alkyl halides is 3. The Labute approximate surface area is 188 Å². The number of amides is 1. The quantitative estimate of drug-likeness (QED) is 0.657. The number of carbonyl (C=O) groups is 2. The minimum Gasteiger partial charge on any atom is -0.475 e.